The van der Waals surface area contributed by atoms with Crippen LogP contribution >= 0.6 is 11.6 Å². The van der Waals surface area contributed by atoms with Crippen LogP contribution < -0.4 is 10.5 Å². The molecule has 0 spiro atoms. The van der Waals surface area contributed by atoms with Crippen LogP contribution in [-0.4, -0.2) is 22.9 Å². The van der Waals surface area contributed by atoms with Crippen molar-refractivity contribution in [1.82, 2.24) is 9.78 Å². The van der Waals surface area contributed by atoms with Crippen molar-refractivity contribution in [3.8, 4) is 5.75 Å². The molecule has 6 nitrogen and oxygen atoms in total. The van der Waals surface area contributed by atoms with E-state index >= 15 is 0 Å². The van der Waals surface area contributed by atoms with Crippen molar-refractivity contribution in [3.63, 3.8) is 0 Å². The maximum Gasteiger partial charge on any atom is 0.342 e. The largest absolute Gasteiger partial charge is 0.496 e. The van der Waals surface area contributed by atoms with Gasteiger partial charge in [0.1, 0.15) is 23.1 Å². The first-order valence-electron chi connectivity index (χ1n) is 6.22. The van der Waals surface area contributed by atoms with Crippen LogP contribution in [0.1, 0.15) is 21.6 Å². The molecule has 0 aliphatic heterocycles. The van der Waals surface area contributed by atoms with Gasteiger partial charge in [-0.05, 0) is 25.1 Å². The van der Waals surface area contributed by atoms with Gasteiger partial charge in [-0.25, -0.2) is 4.79 Å². The third-order valence-electron chi connectivity index (χ3n) is 3.06. The minimum Gasteiger partial charge on any atom is -0.496 e. The number of hydrogen-bond donors (Lipinski definition) is 1. The van der Waals surface area contributed by atoms with Crippen LogP contribution in [0.4, 0.5) is 5.69 Å². The van der Waals surface area contributed by atoms with E-state index < -0.39 is 5.97 Å². The Morgan fingerprint density at radius 2 is 2.19 bits per heavy atom. The third kappa shape index (κ3) is 3.11. The minimum absolute atomic E-state index is 0.0370. The lowest BCUT2D eigenvalue weighted by atomic mass is 10.2. The topological polar surface area (TPSA) is 79.4 Å². The molecule has 1 aromatic carbocycles. The van der Waals surface area contributed by atoms with E-state index in [4.69, 9.17) is 26.8 Å². The summed E-state index contributed by atoms with van der Waals surface area (Å²) >= 11 is 6.09. The molecular formula is C14H16ClN3O3. The molecular weight excluding hydrogens is 294 g/mol. The second-order valence-electron chi connectivity index (χ2n) is 4.51. The Hall–Kier alpha value is -2.21. The van der Waals surface area contributed by atoms with Gasteiger partial charge < -0.3 is 15.2 Å². The molecule has 2 rings (SSSR count). The smallest absolute Gasteiger partial charge is 0.342 e. The Bertz CT molecular complexity index is 682. The number of anilines is 1. The number of aryl methyl sites for hydroxylation is 2. The average Bonchev–Trinajstić information content (AvgIpc) is 2.70. The van der Waals surface area contributed by atoms with E-state index in [9.17, 15) is 4.79 Å². The van der Waals surface area contributed by atoms with Crippen LogP contribution in [0.25, 0.3) is 0 Å². The Balaban J connectivity index is 2.17. The van der Waals surface area contributed by atoms with Crippen molar-refractivity contribution in [2.24, 2.45) is 7.05 Å². The van der Waals surface area contributed by atoms with Gasteiger partial charge in [0.25, 0.3) is 0 Å². The maximum atomic E-state index is 12.2. The molecule has 1 aromatic heterocycles. The SMILES string of the molecule is COc1ccc(N)cc1C(=O)OCc1c(C)nn(C)c1Cl. The molecule has 1 heterocycles. The number of carbonyl (C=O) groups excluding carboxylic acids is 1. The summed E-state index contributed by atoms with van der Waals surface area (Å²) in [5.41, 5.74) is 7.80. The number of esters is 1. The third-order valence-corrected chi connectivity index (χ3v) is 3.53. The van der Waals surface area contributed by atoms with Crippen LogP contribution in [0.3, 0.4) is 0 Å². The zero-order valence-electron chi connectivity index (χ0n) is 12.0. The highest BCUT2D eigenvalue weighted by Crippen LogP contribution is 2.24. The molecule has 0 unspecified atom stereocenters. The van der Waals surface area contributed by atoms with E-state index in [0.29, 0.717) is 22.2 Å². The number of benzene rings is 1. The van der Waals surface area contributed by atoms with Crippen LogP contribution in [0.5, 0.6) is 5.75 Å². The first-order chi connectivity index (χ1) is 9.93. The maximum absolute atomic E-state index is 12.2. The van der Waals surface area contributed by atoms with Crippen molar-refractivity contribution in [2.45, 2.75) is 13.5 Å². The number of hydrogen-bond acceptors (Lipinski definition) is 5. The van der Waals surface area contributed by atoms with E-state index in [-0.39, 0.29) is 12.2 Å². The van der Waals surface area contributed by atoms with Gasteiger partial charge >= 0.3 is 5.97 Å². The summed E-state index contributed by atoms with van der Waals surface area (Å²) in [6, 6.07) is 4.78. The Morgan fingerprint density at radius 3 is 2.76 bits per heavy atom. The number of rotatable bonds is 4. The Kier molecular flexibility index (Phi) is 4.37. The molecule has 0 atom stereocenters. The van der Waals surface area contributed by atoms with Gasteiger partial charge in [0.05, 0.1) is 12.8 Å². The summed E-state index contributed by atoms with van der Waals surface area (Å²) in [5, 5.41) is 4.60. The molecule has 112 valence electrons. The molecule has 0 aliphatic rings. The summed E-state index contributed by atoms with van der Waals surface area (Å²) in [5.74, 6) is -0.123. The molecule has 0 saturated carbocycles. The fraction of sp³-hybridized carbons (Fsp3) is 0.286. The van der Waals surface area contributed by atoms with E-state index in [1.54, 1.807) is 26.1 Å². The predicted molar refractivity (Wildman–Crippen MR) is 79.5 cm³/mol. The summed E-state index contributed by atoms with van der Waals surface area (Å²) in [7, 11) is 3.20. The van der Waals surface area contributed by atoms with Crippen molar-refractivity contribution < 1.29 is 14.3 Å². The number of carbonyl (C=O) groups is 1. The van der Waals surface area contributed by atoms with Crippen LogP contribution in [0, 0.1) is 6.92 Å². The number of halogens is 1. The molecule has 7 heteroatoms. The summed E-state index contributed by atoms with van der Waals surface area (Å²) in [4.78, 5) is 12.2. The summed E-state index contributed by atoms with van der Waals surface area (Å²) in [6.07, 6.45) is 0. The monoisotopic (exact) mass is 309 g/mol. The van der Waals surface area contributed by atoms with E-state index in [2.05, 4.69) is 5.10 Å². The number of nitrogens with zero attached hydrogens (tertiary/aromatic N) is 2. The van der Waals surface area contributed by atoms with Gasteiger partial charge in [-0.2, -0.15) is 5.10 Å². The van der Waals surface area contributed by atoms with Gasteiger partial charge in [-0.15, -0.1) is 0 Å². The average molecular weight is 310 g/mol. The second kappa shape index (κ2) is 6.05. The molecule has 0 aliphatic carbocycles. The normalized spacial score (nSPS) is 10.5. The van der Waals surface area contributed by atoms with Crippen molar-refractivity contribution >= 4 is 23.3 Å². The number of ether oxygens (including phenoxy) is 2. The number of nitrogens with two attached hydrogens (primary N) is 1. The molecule has 2 N–H and O–H groups in total. The van der Waals surface area contributed by atoms with Gasteiger partial charge in [-0.1, -0.05) is 11.6 Å². The zero-order chi connectivity index (χ0) is 15.6. The minimum atomic E-state index is -0.529. The van der Waals surface area contributed by atoms with Crippen molar-refractivity contribution in [2.75, 3.05) is 12.8 Å². The number of methoxy groups -OCH3 is 1. The van der Waals surface area contributed by atoms with Crippen LogP contribution in [-0.2, 0) is 18.4 Å². The highest BCUT2D eigenvalue weighted by Gasteiger charge is 2.17. The van der Waals surface area contributed by atoms with Crippen molar-refractivity contribution in [3.05, 3.63) is 40.2 Å². The van der Waals surface area contributed by atoms with E-state index in [0.717, 1.165) is 5.69 Å². The summed E-state index contributed by atoms with van der Waals surface area (Å²) in [6.45, 7) is 1.84. The number of aromatic nitrogens is 2. The molecule has 21 heavy (non-hydrogen) atoms. The van der Waals surface area contributed by atoms with E-state index in [1.807, 2.05) is 0 Å². The van der Waals surface area contributed by atoms with Crippen LogP contribution in [0.15, 0.2) is 18.2 Å². The fourth-order valence-corrected chi connectivity index (χ4v) is 2.17. The molecule has 0 radical (unpaired) electrons. The zero-order valence-corrected chi connectivity index (χ0v) is 12.8. The van der Waals surface area contributed by atoms with E-state index in [1.165, 1.54) is 17.9 Å². The number of nitrogen functional groups attached to an aromatic ring is 1. The molecule has 0 saturated heterocycles. The molecule has 0 amide bonds. The van der Waals surface area contributed by atoms with Crippen LogP contribution in [0.2, 0.25) is 5.15 Å². The Morgan fingerprint density at radius 1 is 1.48 bits per heavy atom. The molecule has 0 bridgehead atoms. The lowest BCUT2D eigenvalue weighted by Crippen LogP contribution is -2.08. The quantitative estimate of drug-likeness (QED) is 0.692. The predicted octanol–water partition coefficient (Wildman–Crippen LogP) is 2.33. The van der Waals surface area contributed by atoms with Gasteiger partial charge in [-0.3, -0.25) is 4.68 Å². The van der Waals surface area contributed by atoms with Gasteiger partial charge in [0.2, 0.25) is 0 Å². The highest BCUT2D eigenvalue weighted by atomic mass is 35.5. The summed E-state index contributed by atoms with van der Waals surface area (Å²) < 4.78 is 11.9. The molecule has 0 fully saturated rings. The standard InChI is InChI=1S/C14H16ClN3O3/c1-8-11(13(15)18(2)17-8)7-21-14(19)10-6-9(16)4-5-12(10)20-3/h4-6H,7,16H2,1-3H3. The first kappa shape index (κ1) is 15.2. The highest BCUT2D eigenvalue weighted by molar-refractivity contribution is 6.30. The van der Waals surface area contributed by atoms with Gasteiger partial charge in [0.15, 0.2) is 0 Å². The lowest BCUT2D eigenvalue weighted by molar-refractivity contribution is 0.0468. The fourth-order valence-electron chi connectivity index (χ4n) is 1.94. The first-order valence-corrected chi connectivity index (χ1v) is 6.60. The second-order valence-corrected chi connectivity index (χ2v) is 4.87. The molecule has 2 aromatic rings. The van der Waals surface area contributed by atoms with Gasteiger partial charge in [0, 0.05) is 18.3 Å². The Labute approximate surface area is 127 Å². The van der Waals surface area contributed by atoms with Crippen molar-refractivity contribution in [1.29, 1.82) is 0 Å². The lowest BCUT2D eigenvalue weighted by Gasteiger charge is -2.09.